The molecule has 3 saturated heterocycles. The van der Waals surface area contributed by atoms with E-state index in [2.05, 4.69) is 19.9 Å². The van der Waals surface area contributed by atoms with Crippen LogP contribution in [0.25, 0.3) is 0 Å². The first-order valence-electron chi connectivity index (χ1n) is 23.1. The number of carbonyl (C=O) groups excluding carboxylic acids is 2. The molecule has 3 saturated carbocycles. The molecule has 4 aliphatic carbocycles. The lowest BCUT2D eigenvalue weighted by atomic mass is 9.47. The molecule has 0 amide bonds. The Kier molecular flexibility index (Phi) is 15.3. The number of Topliss-reactive ketones (excluding diaryl/α,β-unsaturated/α-hetero) is 2. The molecule has 6 fully saturated rings. The third-order valence-corrected chi connectivity index (χ3v) is 16.5. The number of allylic oxidation sites excluding steroid dienone is 1. The molecule has 360 valence electrons. The number of fused-ring (bicyclic) bond motifs is 5. The smallest absolute Gasteiger partial charge is 0.187 e. The first kappa shape index (κ1) is 49.3. The van der Waals surface area contributed by atoms with Crippen LogP contribution < -0.4 is 0 Å². The van der Waals surface area contributed by atoms with Crippen molar-refractivity contribution in [2.24, 2.45) is 46.3 Å². The van der Waals surface area contributed by atoms with Gasteiger partial charge in [0.25, 0.3) is 0 Å². The minimum Gasteiger partial charge on any atom is -0.394 e. The highest BCUT2D eigenvalue weighted by Crippen LogP contribution is 2.66. The number of carbonyl (C=O) groups is 2. The molecule has 10 N–H and O–H groups in total. The lowest BCUT2D eigenvalue weighted by Gasteiger charge is -2.58. The van der Waals surface area contributed by atoms with E-state index in [0.29, 0.717) is 31.6 Å². The third kappa shape index (κ3) is 9.24. The Morgan fingerprint density at radius 3 is 2.08 bits per heavy atom. The van der Waals surface area contributed by atoms with Crippen molar-refractivity contribution in [1.82, 2.24) is 0 Å². The van der Waals surface area contributed by atoms with Gasteiger partial charge in [-0.1, -0.05) is 39.3 Å². The van der Waals surface area contributed by atoms with Gasteiger partial charge in [-0.2, -0.15) is 0 Å². The lowest BCUT2D eigenvalue weighted by molar-refractivity contribution is -0.369. The Morgan fingerprint density at radius 2 is 1.40 bits per heavy atom. The molecule has 0 aromatic carbocycles. The SMILES string of the molecule is CC(CCC(=O)[C@@H](C)[C@H]1C(=O)C[C@H]2[C@@H]3CC=C4C[C@@H](O[C@@H]5O[C@H](CO)[C@@H](O)[C@H](O)[C@H]5O[C@@H]5O[C@@H](C)[C@H](O)[C@@H](O)[C@H]5O)CC[C@]4(C)[C@H]3CC[C@]12C)CO[C@@H]1O[C@H](CO)[C@@H](O)[C@H](O)[C@H]1O. The van der Waals surface area contributed by atoms with Gasteiger partial charge in [-0.25, -0.2) is 0 Å². The molecule has 18 heteroatoms. The summed E-state index contributed by atoms with van der Waals surface area (Å²) >= 11 is 0. The van der Waals surface area contributed by atoms with Crippen LogP contribution in [0.1, 0.15) is 92.4 Å². The van der Waals surface area contributed by atoms with Crippen molar-refractivity contribution < 1.29 is 89.1 Å². The molecule has 63 heavy (non-hydrogen) atoms. The molecular weight excluding hydrogens is 828 g/mol. The van der Waals surface area contributed by atoms with Gasteiger partial charge in [-0.15, -0.1) is 0 Å². The zero-order valence-electron chi connectivity index (χ0n) is 37.0. The van der Waals surface area contributed by atoms with E-state index in [1.54, 1.807) is 0 Å². The Morgan fingerprint density at radius 1 is 0.762 bits per heavy atom. The summed E-state index contributed by atoms with van der Waals surface area (Å²) in [5, 5.41) is 103. The molecule has 0 bridgehead atoms. The van der Waals surface area contributed by atoms with Gasteiger partial charge >= 0.3 is 0 Å². The summed E-state index contributed by atoms with van der Waals surface area (Å²) in [4.78, 5) is 27.8. The first-order chi connectivity index (χ1) is 29.7. The van der Waals surface area contributed by atoms with E-state index in [1.165, 1.54) is 12.5 Å². The van der Waals surface area contributed by atoms with Gasteiger partial charge in [-0.05, 0) is 86.4 Å². The summed E-state index contributed by atoms with van der Waals surface area (Å²) in [7, 11) is 0. The average Bonchev–Trinajstić information content (AvgIpc) is 3.54. The normalized spacial score (nSPS) is 49.9. The Balaban J connectivity index is 0.964. The molecule has 0 spiro atoms. The van der Waals surface area contributed by atoms with Gasteiger partial charge in [0.1, 0.15) is 78.7 Å². The maximum Gasteiger partial charge on any atom is 0.187 e. The van der Waals surface area contributed by atoms with Crippen LogP contribution in [0.2, 0.25) is 0 Å². The summed E-state index contributed by atoms with van der Waals surface area (Å²) in [5.41, 5.74) is 0.735. The Bertz CT molecular complexity index is 1630. The van der Waals surface area contributed by atoms with E-state index < -0.39 is 117 Å². The fourth-order valence-corrected chi connectivity index (χ4v) is 12.6. The quantitative estimate of drug-likeness (QED) is 0.0957. The number of ketones is 2. The highest BCUT2D eigenvalue weighted by atomic mass is 16.8. The van der Waals surface area contributed by atoms with Crippen molar-refractivity contribution in [3.63, 3.8) is 0 Å². The van der Waals surface area contributed by atoms with Crippen molar-refractivity contribution >= 4 is 11.6 Å². The number of aliphatic hydroxyl groups excluding tert-OH is 10. The largest absolute Gasteiger partial charge is 0.394 e. The number of aliphatic hydroxyl groups is 10. The number of hydrogen-bond acceptors (Lipinski definition) is 18. The second-order valence-corrected chi connectivity index (χ2v) is 20.4. The zero-order chi connectivity index (χ0) is 45.9. The summed E-state index contributed by atoms with van der Waals surface area (Å²) in [6, 6.07) is 0. The molecule has 7 rings (SSSR count). The zero-order valence-corrected chi connectivity index (χ0v) is 37.0. The molecule has 0 aromatic rings. The topological polar surface area (TPSA) is 292 Å². The average molecular weight is 901 g/mol. The fourth-order valence-electron chi connectivity index (χ4n) is 12.6. The fraction of sp³-hybridized carbons (Fsp3) is 0.911. The third-order valence-electron chi connectivity index (χ3n) is 16.5. The van der Waals surface area contributed by atoms with Gasteiger partial charge in [-0.3, -0.25) is 9.59 Å². The Hall–Kier alpha value is -1.56. The Labute approximate surface area is 368 Å². The van der Waals surface area contributed by atoms with Gasteiger partial charge in [0, 0.05) is 24.7 Å². The van der Waals surface area contributed by atoms with Crippen LogP contribution in [0.3, 0.4) is 0 Å². The highest BCUT2D eigenvalue weighted by molar-refractivity contribution is 5.92. The first-order valence-corrected chi connectivity index (χ1v) is 23.1. The maximum absolute atomic E-state index is 14.0. The van der Waals surface area contributed by atoms with Crippen molar-refractivity contribution in [2.75, 3.05) is 19.8 Å². The van der Waals surface area contributed by atoms with Gasteiger partial charge < -0.3 is 79.5 Å². The van der Waals surface area contributed by atoms with E-state index in [1.807, 2.05) is 13.8 Å². The van der Waals surface area contributed by atoms with Crippen LogP contribution in [0.5, 0.6) is 0 Å². The van der Waals surface area contributed by atoms with Crippen molar-refractivity contribution in [3.8, 4) is 0 Å². The molecule has 3 aliphatic heterocycles. The number of hydrogen-bond donors (Lipinski definition) is 10. The summed E-state index contributed by atoms with van der Waals surface area (Å²) in [6.07, 6.45) is -13.4. The van der Waals surface area contributed by atoms with Crippen LogP contribution in [-0.4, -0.2) is 181 Å². The second kappa shape index (κ2) is 19.6. The van der Waals surface area contributed by atoms with Crippen molar-refractivity contribution in [2.45, 2.75) is 191 Å². The minimum absolute atomic E-state index is 0.0171. The number of ether oxygens (including phenoxy) is 6. The maximum atomic E-state index is 14.0. The van der Waals surface area contributed by atoms with Crippen LogP contribution in [0.4, 0.5) is 0 Å². The number of rotatable bonds is 14. The summed E-state index contributed by atoms with van der Waals surface area (Å²) < 4.78 is 35.1. The van der Waals surface area contributed by atoms with Crippen LogP contribution in [0.15, 0.2) is 11.6 Å². The molecule has 7 aliphatic rings. The second-order valence-electron chi connectivity index (χ2n) is 20.4. The monoisotopic (exact) mass is 900 g/mol. The highest BCUT2D eigenvalue weighted by Gasteiger charge is 2.63. The van der Waals surface area contributed by atoms with Gasteiger partial charge in [0.2, 0.25) is 0 Å². The molecule has 18 nitrogen and oxygen atoms in total. The van der Waals surface area contributed by atoms with Gasteiger partial charge in [0.15, 0.2) is 18.9 Å². The molecule has 0 radical (unpaired) electrons. The predicted molar refractivity (Wildman–Crippen MR) is 218 cm³/mol. The molecule has 3 heterocycles. The molecule has 1 unspecified atom stereocenters. The predicted octanol–water partition coefficient (Wildman–Crippen LogP) is -0.781. The van der Waals surface area contributed by atoms with E-state index in [-0.39, 0.29) is 59.3 Å². The van der Waals surface area contributed by atoms with E-state index in [4.69, 9.17) is 28.4 Å². The van der Waals surface area contributed by atoms with E-state index in [9.17, 15) is 60.7 Å². The van der Waals surface area contributed by atoms with Crippen LogP contribution in [-0.2, 0) is 38.0 Å². The van der Waals surface area contributed by atoms with Gasteiger partial charge in [0.05, 0.1) is 32.0 Å². The van der Waals surface area contributed by atoms with E-state index >= 15 is 0 Å². The standard InChI is InChI=1S/C45H72O18/c1-19(18-58-41-38(56)36(54)33(51)29(16-46)61-41)6-9-27(48)20(2)31-28(49)15-26-24-8-7-22-14-23(10-12-44(22,4)25(24)11-13-45(26,31)5)60-43-40(37(55)34(52)30(17-47)62-43)63-42-39(57)35(53)32(50)21(3)59-42/h7,19-21,23-26,29-43,46-47,50-57H,6,8-18H2,1-5H3/t19?,20-,21+,23+,24-,25+,26+,29-,30-,31+,32+,33-,34-,35-,36+,37+,38-,39-,40-,41-,42+,43-,44+,45+/m1/s1. The molecule has 0 aromatic heterocycles. The molecule has 24 atom stereocenters. The van der Waals surface area contributed by atoms with Crippen molar-refractivity contribution in [1.29, 1.82) is 0 Å². The summed E-state index contributed by atoms with van der Waals surface area (Å²) in [6.45, 7) is 8.71. The molecular formula is C45H72O18. The minimum atomic E-state index is -1.67. The van der Waals surface area contributed by atoms with Crippen LogP contribution in [0, 0.1) is 46.3 Å². The summed E-state index contributed by atoms with van der Waals surface area (Å²) in [5.74, 6) is -0.137. The van der Waals surface area contributed by atoms with Crippen molar-refractivity contribution in [3.05, 3.63) is 11.6 Å². The van der Waals surface area contributed by atoms with E-state index in [0.717, 1.165) is 25.7 Å². The van der Waals surface area contributed by atoms with Crippen LogP contribution >= 0.6 is 0 Å². The lowest BCUT2D eigenvalue weighted by Crippen LogP contribution is -2.64.